The maximum Gasteiger partial charge on any atom is 0.276 e. The molecular weight excluding hydrogens is 409 g/mol. The molecule has 0 spiro atoms. The number of piperazine rings is 1. The number of amides is 1. The number of benzene rings is 2. The second-order valence-electron chi connectivity index (χ2n) is 8.32. The molecule has 0 saturated carbocycles. The van der Waals surface area contributed by atoms with E-state index in [-0.39, 0.29) is 18.3 Å². The first-order valence-corrected chi connectivity index (χ1v) is 10.8. The van der Waals surface area contributed by atoms with Gasteiger partial charge in [-0.2, -0.15) is 0 Å². The van der Waals surface area contributed by atoms with Crippen LogP contribution in [0.15, 0.2) is 47.0 Å². The van der Waals surface area contributed by atoms with Gasteiger partial charge >= 0.3 is 0 Å². The molecule has 4 rings (SSSR count). The first-order chi connectivity index (χ1) is 15.4. The van der Waals surface area contributed by atoms with Crippen LogP contribution in [-0.2, 0) is 13.2 Å². The van der Waals surface area contributed by atoms with Crippen LogP contribution in [0.5, 0.6) is 5.75 Å². The number of aryl methyl sites for hydroxylation is 3. The zero-order valence-corrected chi connectivity index (χ0v) is 18.7. The summed E-state index contributed by atoms with van der Waals surface area (Å²) in [4.78, 5) is 17.2. The third kappa shape index (κ3) is 4.99. The molecule has 0 aliphatic carbocycles. The summed E-state index contributed by atoms with van der Waals surface area (Å²) < 4.78 is 24.4. The summed E-state index contributed by atoms with van der Waals surface area (Å²) in [7, 11) is 0. The molecule has 7 heteroatoms. The minimum Gasteiger partial charge on any atom is -0.488 e. The predicted molar refractivity (Wildman–Crippen MR) is 119 cm³/mol. The van der Waals surface area contributed by atoms with Gasteiger partial charge < -0.3 is 14.2 Å². The Morgan fingerprint density at radius 1 is 1.06 bits per heavy atom. The molecule has 0 unspecified atom stereocenters. The van der Waals surface area contributed by atoms with Crippen molar-refractivity contribution in [2.45, 2.75) is 33.9 Å². The fourth-order valence-electron chi connectivity index (χ4n) is 3.95. The fraction of sp³-hybridized carbons (Fsp3) is 0.360. The van der Waals surface area contributed by atoms with Crippen LogP contribution >= 0.6 is 0 Å². The van der Waals surface area contributed by atoms with Gasteiger partial charge in [0.25, 0.3) is 5.91 Å². The molecule has 0 radical (unpaired) electrons. The molecule has 1 aliphatic heterocycles. The fourth-order valence-corrected chi connectivity index (χ4v) is 3.95. The lowest BCUT2D eigenvalue weighted by atomic mass is 10.1. The number of carbonyl (C=O) groups excluding carboxylic acids is 1. The standard InChI is InChI=1S/C25H28FN3O3/c1-17-4-9-23(18(2)14-17)31-16-22-19(3)32-27-24(22)25(30)29-12-10-28(11-13-29)15-20-5-7-21(26)8-6-20/h4-9,14H,10-13,15-16H2,1-3H3. The number of halogens is 1. The number of nitrogens with zero attached hydrogens (tertiary/aromatic N) is 3. The van der Waals surface area contributed by atoms with Crippen LogP contribution in [0.25, 0.3) is 0 Å². The van der Waals surface area contributed by atoms with E-state index in [4.69, 9.17) is 9.26 Å². The molecule has 168 valence electrons. The second kappa shape index (κ2) is 9.53. The molecule has 3 aromatic rings. The summed E-state index contributed by atoms with van der Waals surface area (Å²) in [5.41, 5.74) is 4.28. The average Bonchev–Trinajstić information content (AvgIpc) is 3.15. The van der Waals surface area contributed by atoms with Gasteiger partial charge in [0.2, 0.25) is 0 Å². The Hall–Kier alpha value is -3.19. The van der Waals surface area contributed by atoms with Crippen LogP contribution < -0.4 is 4.74 Å². The van der Waals surface area contributed by atoms with Crippen LogP contribution in [0.2, 0.25) is 0 Å². The van der Waals surface area contributed by atoms with Gasteiger partial charge in [-0.3, -0.25) is 9.69 Å². The highest BCUT2D eigenvalue weighted by Crippen LogP contribution is 2.23. The quantitative estimate of drug-likeness (QED) is 0.576. The van der Waals surface area contributed by atoms with Crippen molar-refractivity contribution < 1.29 is 18.4 Å². The normalized spacial score (nSPS) is 14.6. The van der Waals surface area contributed by atoms with Crippen LogP contribution in [0, 0.1) is 26.6 Å². The highest BCUT2D eigenvalue weighted by atomic mass is 19.1. The Labute approximate surface area is 187 Å². The lowest BCUT2D eigenvalue weighted by molar-refractivity contribution is 0.0616. The van der Waals surface area contributed by atoms with Crippen LogP contribution in [0.3, 0.4) is 0 Å². The summed E-state index contributed by atoms with van der Waals surface area (Å²) in [6.07, 6.45) is 0. The third-order valence-corrected chi connectivity index (χ3v) is 5.87. The van der Waals surface area contributed by atoms with E-state index >= 15 is 0 Å². The molecule has 1 fully saturated rings. The molecule has 2 aromatic carbocycles. The van der Waals surface area contributed by atoms with E-state index in [1.165, 1.54) is 17.7 Å². The molecule has 0 bridgehead atoms. The summed E-state index contributed by atoms with van der Waals surface area (Å²) in [6.45, 7) is 9.49. The van der Waals surface area contributed by atoms with E-state index in [1.54, 1.807) is 24.0 Å². The topological polar surface area (TPSA) is 58.8 Å². The molecule has 32 heavy (non-hydrogen) atoms. The Morgan fingerprint density at radius 3 is 2.47 bits per heavy atom. The Morgan fingerprint density at radius 2 is 1.78 bits per heavy atom. The van der Waals surface area contributed by atoms with Crippen molar-refractivity contribution in [2.24, 2.45) is 0 Å². The van der Waals surface area contributed by atoms with Gasteiger partial charge in [0.1, 0.15) is 23.9 Å². The molecule has 1 amide bonds. The molecule has 6 nitrogen and oxygen atoms in total. The van der Waals surface area contributed by atoms with Gasteiger partial charge in [-0.25, -0.2) is 4.39 Å². The Bertz CT molecular complexity index is 1090. The minimum atomic E-state index is -0.232. The summed E-state index contributed by atoms with van der Waals surface area (Å²) in [5.74, 6) is 1.00. The van der Waals surface area contributed by atoms with Crippen molar-refractivity contribution in [1.29, 1.82) is 0 Å². The van der Waals surface area contributed by atoms with Gasteiger partial charge in [0, 0.05) is 32.7 Å². The molecule has 1 aliphatic rings. The first-order valence-electron chi connectivity index (χ1n) is 10.8. The Balaban J connectivity index is 1.37. The maximum absolute atomic E-state index is 13.1. The van der Waals surface area contributed by atoms with Crippen molar-refractivity contribution in [3.63, 3.8) is 0 Å². The van der Waals surface area contributed by atoms with Crippen LogP contribution in [0.4, 0.5) is 4.39 Å². The molecule has 0 atom stereocenters. The molecule has 1 saturated heterocycles. The predicted octanol–water partition coefficient (Wildman–Crippen LogP) is 4.28. The third-order valence-electron chi connectivity index (χ3n) is 5.87. The highest BCUT2D eigenvalue weighted by Gasteiger charge is 2.28. The molecule has 2 heterocycles. The van der Waals surface area contributed by atoms with E-state index < -0.39 is 0 Å². The largest absolute Gasteiger partial charge is 0.488 e. The number of aromatic nitrogens is 1. The van der Waals surface area contributed by atoms with Crippen molar-refractivity contribution in [3.8, 4) is 5.75 Å². The lowest BCUT2D eigenvalue weighted by Crippen LogP contribution is -2.48. The number of ether oxygens (including phenoxy) is 1. The second-order valence-corrected chi connectivity index (χ2v) is 8.32. The van der Waals surface area contributed by atoms with Crippen molar-refractivity contribution in [3.05, 3.63) is 82.0 Å². The highest BCUT2D eigenvalue weighted by molar-refractivity contribution is 5.93. The van der Waals surface area contributed by atoms with Gasteiger partial charge in [-0.1, -0.05) is 35.0 Å². The van der Waals surface area contributed by atoms with Crippen LogP contribution in [0.1, 0.15) is 38.5 Å². The number of hydrogen-bond acceptors (Lipinski definition) is 5. The smallest absolute Gasteiger partial charge is 0.276 e. The summed E-state index contributed by atoms with van der Waals surface area (Å²) in [6, 6.07) is 12.6. The van der Waals surface area contributed by atoms with E-state index in [2.05, 4.69) is 16.1 Å². The van der Waals surface area contributed by atoms with E-state index in [0.29, 0.717) is 30.1 Å². The summed E-state index contributed by atoms with van der Waals surface area (Å²) >= 11 is 0. The Kier molecular flexibility index (Phi) is 6.55. The average molecular weight is 438 g/mol. The van der Waals surface area contributed by atoms with E-state index in [9.17, 15) is 9.18 Å². The van der Waals surface area contributed by atoms with Crippen molar-refractivity contribution in [2.75, 3.05) is 26.2 Å². The number of rotatable bonds is 6. The van der Waals surface area contributed by atoms with E-state index in [1.807, 2.05) is 26.0 Å². The minimum absolute atomic E-state index is 0.137. The number of hydrogen-bond donors (Lipinski definition) is 0. The van der Waals surface area contributed by atoms with Gasteiger partial charge in [0.05, 0.1) is 5.56 Å². The molecular formula is C25H28FN3O3. The lowest BCUT2D eigenvalue weighted by Gasteiger charge is -2.34. The number of carbonyl (C=O) groups is 1. The van der Waals surface area contributed by atoms with Crippen molar-refractivity contribution >= 4 is 5.91 Å². The molecule has 1 aromatic heterocycles. The first kappa shape index (κ1) is 22.0. The maximum atomic E-state index is 13.1. The zero-order chi connectivity index (χ0) is 22.7. The van der Waals surface area contributed by atoms with Crippen molar-refractivity contribution in [1.82, 2.24) is 15.0 Å². The van der Waals surface area contributed by atoms with Gasteiger partial charge in [-0.05, 0) is 50.1 Å². The monoisotopic (exact) mass is 437 g/mol. The molecule has 0 N–H and O–H groups in total. The SMILES string of the molecule is Cc1ccc(OCc2c(C(=O)N3CCN(Cc4ccc(F)cc4)CC3)noc2C)c(C)c1. The summed E-state index contributed by atoms with van der Waals surface area (Å²) in [5, 5.41) is 4.04. The van der Waals surface area contributed by atoms with Crippen LogP contribution in [-0.4, -0.2) is 47.0 Å². The van der Waals surface area contributed by atoms with E-state index in [0.717, 1.165) is 36.5 Å². The van der Waals surface area contributed by atoms with Gasteiger partial charge in [0.15, 0.2) is 5.69 Å². The van der Waals surface area contributed by atoms with Gasteiger partial charge in [-0.15, -0.1) is 0 Å². The zero-order valence-electron chi connectivity index (χ0n) is 18.7.